The van der Waals surface area contributed by atoms with E-state index in [4.69, 9.17) is 27.9 Å². The van der Waals surface area contributed by atoms with E-state index in [-0.39, 0.29) is 49.1 Å². The van der Waals surface area contributed by atoms with Gasteiger partial charge in [-0.1, -0.05) is 23.2 Å². The molecule has 0 saturated heterocycles. The third kappa shape index (κ3) is 8.92. The first-order chi connectivity index (χ1) is 14.7. The van der Waals surface area contributed by atoms with E-state index in [9.17, 15) is 23.9 Å². The average Bonchev–Trinajstić information content (AvgIpc) is 2.73. The zero-order valence-electron chi connectivity index (χ0n) is 16.4. The molecule has 10 heteroatoms. The molecule has 0 aliphatic heterocycles. The van der Waals surface area contributed by atoms with Gasteiger partial charge in [0.15, 0.2) is 12.4 Å². The van der Waals surface area contributed by atoms with Crippen LogP contribution in [-0.4, -0.2) is 48.5 Å². The van der Waals surface area contributed by atoms with Crippen LogP contribution in [0.25, 0.3) is 0 Å². The first kappa shape index (κ1) is 24.6. The molecular weight excluding hydrogens is 450 g/mol. The van der Waals surface area contributed by atoms with Gasteiger partial charge in [-0.25, -0.2) is 4.39 Å². The summed E-state index contributed by atoms with van der Waals surface area (Å²) in [7, 11) is 0. The molecule has 0 aliphatic carbocycles. The molecule has 2 aromatic rings. The number of Topliss-reactive ketones (excluding diaryl/α,β-unsaturated/α-hetero) is 1. The molecule has 1 atom stereocenters. The van der Waals surface area contributed by atoms with Gasteiger partial charge in [-0.05, 0) is 42.8 Å². The summed E-state index contributed by atoms with van der Waals surface area (Å²) in [6.07, 6.45) is -1.10. The Morgan fingerprint density at radius 2 is 1.74 bits per heavy atom. The summed E-state index contributed by atoms with van der Waals surface area (Å²) in [6, 6.07) is 10.1. The number of aliphatic hydroxyl groups is 1. The Morgan fingerprint density at radius 1 is 1.03 bits per heavy atom. The summed E-state index contributed by atoms with van der Waals surface area (Å²) in [6.45, 7) is -0.438. The number of ether oxygens (including phenoxy) is 1. The van der Waals surface area contributed by atoms with Gasteiger partial charge in [0.2, 0.25) is 5.91 Å². The highest BCUT2D eigenvalue weighted by molar-refractivity contribution is 6.31. The van der Waals surface area contributed by atoms with Gasteiger partial charge in [-0.15, -0.1) is 0 Å². The molecule has 166 valence electrons. The van der Waals surface area contributed by atoms with Crippen molar-refractivity contribution < 1.29 is 28.6 Å². The monoisotopic (exact) mass is 470 g/mol. The normalized spacial score (nSPS) is 11.5. The van der Waals surface area contributed by atoms with Gasteiger partial charge >= 0.3 is 0 Å². The fourth-order valence-corrected chi connectivity index (χ4v) is 2.69. The average molecular weight is 471 g/mol. The summed E-state index contributed by atoms with van der Waals surface area (Å²) in [5.74, 6) is -1.75. The molecule has 0 heterocycles. The molecule has 7 nitrogen and oxygen atoms in total. The summed E-state index contributed by atoms with van der Waals surface area (Å²) in [5.41, 5.74) is 0.413. The van der Waals surface area contributed by atoms with Crippen molar-refractivity contribution in [2.75, 3.05) is 19.7 Å². The van der Waals surface area contributed by atoms with Gasteiger partial charge in [-0.2, -0.15) is 0 Å². The molecule has 2 aromatic carbocycles. The number of rotatable bonds is 11. The fraction of sp³-hybridized carbons (Fsp3) is 0.286. The van der Waals surface area contributed by atoms with Crippen molar-refractivity contribution in [1.29, 1.82) is 0 Å². The van der Waals surface area contributed by atoms with E-state index in [1.165, 1.54) is 12.1 Å². The Kier molecular flexibility index (Phi) is 9.71. The number of carbonyl (C=O) groups excluding carboxylic acids is 3. The number of halogens is 3. The predicted molar refractivity (Wildman–Crippen MR) is 114 cm³/mol. The lowest BCUT2D eigenvalue weighted by Crippen LogP contribution is -2.34. The molecule has 0 saturated carbocycles. The highest BCUT2D eigenvalue weighted by atomic mass is 35.5. The summed E-state index contributed by atoms with van der Waals surface area (Å²) >= 11 is 11.3. The van der Waals surface area contributed by atoms with Gasteiger partial charge in [0.25, 0.3) is 5.91 Å². The quantitative estimate of drug-likeness (QED) is 0.438. The maximum atomic E-state index is 13.3. The van der Waals surface area contributed by atoms with Gasteiger partial charge < -0.3 is 20.5 Å². The number of amides is 2. The van der Waals surface area contributed by atoms with E-state index in [2.05, 4.69) is 10.6 Å². The number of hydrogen-bond donors (Lipinski definition) is 3. The predicted octanol–water partition coefficient (Wildman–Crippen LogP) is 2.77. The number of benzene rings is 2. The van der Waals surface area contributed by atoms with Crippen molar-refractivity contribution in [3.63, 3.8) is 0 Å². The SMILES string of the molecule is O=C(COc1ccc(Cl)c(F)c1)NCC[C@@H](O)CC(=O)NCC(=O)c1ccc(Cl)cc1. The van der Waals surface area contributed by atoms with E-state index in [1.807, 2.05) is 0 Å². The summed E-state index contributed by atoms with van der Waals surface area (Å²) in [4.78, 5) is 35.6. The molecule has 2 rings (SSSR count). The maximum absolute atomic E-state index is 13.3. The maximum Gasteiger partial charge on any atom is 0.257 e. The molecule has 0 aliphatic rings. The summed E-state index contributed by atoms with van der Waals surface area (Å²) in [5, 5.41) is 15.3. The molecule has 0 unspecified atom stereocenters. The smallest absolute Gasteiger partial charge is 0.257 e. The Hall–Kier alpha value is -2.68. The van der Waals surface area contributed by atoms with E-state index < -0.39 is 23.7 Å². The van der Waals surface area contributed by atoms with Crippen LogP contribution in [0.2, 0.25) is 10.0 Å². The molecule has 31 heavy (non-hydrogen) atoms. The Balaban J connectivity index is 1.61. The second-order valence-electron chi connectivity index (χ2n) is 6.57. The minimum absolute atomic E-state index is 0.0517. The number of carbonyl (C=O) groups is 3. The number of hydrogen-bond acceptors (Lipinski definition) is 5. The molecule has 0 aromatic heterocycles. The second-order valence-corrected chi connectivity index (χ2v) is 7.41. The number of nitrogens with one attached hydrogen (secondary N) is 2. The second kappa shape index (κ2) is 12.2. The molecule has 0 spiro atoms. The van der Waals surface area contributed by atoms with Crippen molar-refractivity contribution in [1.82, 2.24) is 10.6 Å². The van der Waals surface area contributed by atoms with Crippen molar-refractivity contribution in [3.05, 3.63) is 63.9 Å². The highest BCUT2D eigenvalue weighted by Gasteiger charge is 2.13. The third-order valence-electron chi connectivity index (χ3n) is 4.09. The lowest BCUT2D eigenvalue weighted by atomic mass is 10.1. The third-order valence-corrected chi connectivity index (χ3v) is 4.65. The van der Waals surface area contributed by atoms with Crippen LogP contribution in [0.5, 0.6) is 5.75 Å². The Bertz CT molecular complexity index is 924. The van der Waals surface area contributed by atoms with E-state index in [1.54, 1.807) is 24.3 Å². The molecular formula is C21H21Cl2FN2O5. The van der Waals surface area contributed by atoms with Crippen molar-refractivity contribution in [3.8, 4) is 5.75 Å². The largest absolute Gasteiger partial charge is 0.484 e. The minimum atomic E-state index is -1.00. The van der Waals surface area contributed by atoms with Gasteiger partial charge in [-0.3, -0.25) is 14.4 Å². The van der Waals surface area contributed by atoms with E-state index in [0.29, 0.717) is 10.6 Å². The minimum Gasteiger partial charge on any atom is -0.484 e. The zero-order valence-corrected chi connectivity index (χ0v) is 17.9. The number of aliphatic hydroxyl groups excluding tert-OH is 1. The van der Waals surface area contributed by atoms with Crippen molar-refractivity contribution in [2.45, 2.75) is 18.9 Å². The van der Waals surface area contributed by atoms with Crippen LogP contribution in [0.4, 0.5) is 4.39 Å². The lowest BCUT2D eigenvalue weighted by Gasteiger charge is -2.12. The van der Waals surface area contributed by atoms with Crippen LogP contribution >= 0.6 is 23.2 Å². The van der Waals surface area contributed by atoms with E-state index in [0.717, 1.165) is 6.07 Å². The van der Waals surface area contributed by atoms with Crippen LogP contribution in [0.15, 0.2) is 42.5 Å². The molecule has 0 bridgehead atoms. The highest BCUT2D eigenvalue weighted by Crippen LogP contribution is 2.20. The van der Waals surface area contributed by atoms with Crippen molar-refractivity contribution >= 4 is 40.8 Å². The van der Waals surface area contributed by atoms with Gasteiger partial charge in [0, 0.05) is 23.2 Å². The lowest BCUT2D eigenvalue weighted by molar-refractivity contribution is -0.123. The summed E-state index contributed by atoms with van der Waals surface area (Å²) < 4.78 is 18.4. The first-order valence-corrected chi connectivity index (χ1v) is 10.1. The Morgan fingerprint density at radius 3 is 2.42 bits per heavy atom. The van der Waals surface area contributed by atoms with Crippen LogP contribution in [0, 0.1) is 5.82 Å². The standard InChI is InChI=1S/C21H21Cl2FN2O5/c22-14-3-1-13(2-4-14)19(28)11-26-20(29)9-15(27)7-8-25-21(30)12-31-16-5-6-17(23)18(24)10-16/h1-6,10,15,27H,7-9,11-12H2,(H,25,30)(H,26,29)/t15-/m1/s1. The fourth-order valence-electron chi connectivity index (χ4n) is 2.45. The Labute approximate surface area is 188 Å². The topological polar surface area (TPSA) is 105 Å². The molecule has 0 radical (unpaired) electrons. The van der Waals surface area contributed by atoms with Gasteiger partial charge in [0.05, 0.1) is 24.1 Å². The van der Waals surface area contributed by atoms with Crippen LogP contribution in [-0.2, 0) is 9.59 Å². The van der Waals surface area contributed by atoms with E-state index >= 15 is 0 Å². The molecule has 2 amide bonds. The molecule has 0 fully saturated rings. The number of ketones is 1. The molecule has 3 N–H and O–H groups in total. The first-order valence-electron chi connectivity index (χ1n) is 9.32. The van der Waals surface area contributed by atoms with Crippen LogP contribution in [0.3, 0.4) is 0 Å². The van der Waals surface area contributed by atoms with Crippen LogP contribution in [0.1, 0.15) is 23.2 Å². The van der Waals surface area contributed by atoms with Crippen LogP contribution < -0.4 is 15.4 Å². The zero-order chi connectivity index (χ0) is 22.8. The van der Waals surface area contributed by atoms with Gasteiger partial charge in [0.1, 0.15) is 11.6 Å². The van der Waals surface area contributed by atoms with Crippen molar-refractivity contribution in [2.24, 2.45) is 0 Å².